The molecule has 0 heterocycles. The molecule has 0 saturated heterocycles. The number of carbonyl (C=O) groups excluding carboxylic acids is 1. The van der Waals surface area contributed by atoms with Gasteiger partial charge in [0.2, 0.25) is 0 Å². The minimum absolute atomic E-state index is 0.156. The smallest absolute Gasteiger partial charge is 0.338 e. The summed E-state index contributed by atoms with van der Waals surface area (Å²) in [4.78, 5) is 14.8. The maximum absolute atomic E-state index is 12.5. The maximum Gasteiger partial charge on any atom is 0.338 e. The van der Waals surface area contributed by atoms with E-state index in [4.69, 9.17) is 4.74 Å². The summed E-state index contributed by atoms with van der Waals surface area (Å²) < 4.78 is 5.89. The van der Waals surface area contributed by atoms with Gasteiger partial charge in [-0.1, -0.05) is 45.9 Å². The van der Waals surface area contributed by atoms with Gasteiger partial charge in [0.25, 0.3) is 0 Å². The lowest BCUT2D eigenvalue weighted by Crippen LogP contribution is -2.49. The quantitative estimate of drug-likeness (QED) is 0.811. The average Bonchev–Trinajstić information content (AvgIpc) is 2.57. The second-order valence-electron chi connectivity index (χ2n) is 7.50. The molecule has 24 heavy (non-hydrogen) atoms. The Labute approximate surface area is 145 Å². The number of esters is 1. The van der Waals surface area contributed by atoms with Crippen molar-refractivity contribution in [3.05, 3.63) is 35.9 Å². The largest absolute Gasteiger partial charge is 0.458 e. The Morgan fingerprint density at radius 3 is 2.46 bits per heavy atom. The molecule has 2 rings (SSSR count). The molecule has 4 heteroatoms. The van der Waals surface area contributed by atoms with Gasteiger partial charge in [-0.15, -0.1) is 0 Å². The molecule has 0 spiro atoms. The minimum atomic E-state index is -0.357. The molecule has 1 aromatic carbocycles. The summed E-state index contributed by atoms with van der Waals surface area (Å²) in [5.41, 5.74) is 0.351. The van der Waals surface area contributed by atoms with Crippen LogP contribution in [0.25, 0.3) is 0 Å². The molecule has 0 aliphatic heterocycles. The van der Waals surface area contributed by atoms with Gasteiger partial charge in [0.15, 0.2) is 0 Å². The highest BCUT2D eigenvalue weighted by molar-refractivity contribution is 5.89. The Bertz CT molecular complexity index is 523. The van der Waals surface area contributed by atoms with E-state index in [2.05, 4.69) is 32.6 Å². The zero-order chi connectivity index (χ0) is 17.7. The Morgan fingerprint density at radius 2 is 1.88 bits per heavy atom. The number of rotatable bonds is 6. The summed E-state index contributed by atoms with van der Waals surface area (Å²) >= 11 is 0. The molecule has 0 radical (unpaired) electrons. The van der Waals surface area contributed by atoms with E-state index in [-0.39, 0.29) is 29.5 Å². The normalized spacial score (nSPS) is 26.3. The molecule has 1 aliphatic carbocycles. The Kier molecular flexibility index (Phi) is 6.41. The third-order valence-electron chi connectivity index (χ3n) is 5.34. The summed E-state index contributed by atoms with van der Waals surface area (Å²) in [5.74, 6) is -0.0991. The molecule has 134 valence electrons. The van der Waals surface area contributed by atoms with Crippen molar-refractivity contribution >= 4 is 5.97 Å². The summed E-state index contributed by atoms with van der Waals surface area (Å²) in [6.07, 6.45) is 0.857. The lowest BCUT2D eigenvalue weighted by molar-refractivity contribution is -0.0860. The van der Waals surface area contributed by atoms with Gasteiger partial charge in [-0.05, 0) is 43.5 Å². The molecule has 1 aliphatic rings. The molecule has 1 aromatic rings. The first-order chi connectivity index (χ1) is 11.4. The molecular weight excluding hydrogens is 302 g/mol. The van der Waals surface area contributed by atoms with Gasteiger partial charge in [0.05, 0.1) is 11.7 Å². The maximum atomic E-state index is 12.5. The van der Waals surface area contributed by atoms with E-state index in [1.807, 2.05) is 18.2 Å². The molecule has 0 bridgehead atoms. The number of aliphatic hydroxyl groups is 1. The number of carbonyl (C=O) groups is 1. The number of aliphatic hydroxyl groups excluding tert-OH is 1. The van der Waals surface area contributed by atoms with Crippen LogP contribution in [-0.2, 0) is 4.74 Å². The fourth-order valence-corrected chi connectivity index (χ4v) is 3.50. The summed E-state index contributed by atoms with van der Waals surface area (Å²) in [6.45, 7) is 11.2. The molecule has 0 amide bonds. The first-order valence-electron chi connectivity index (χ1n) is 9.03. The third-order valence-corrected chi connectivity index (χ3v) is 5.34. The van der Waals surface area contributed by atoms with Crippen molar-refractivity contribution < 1.29 is 14.6 Å². The zero-order valence-electron chi connectivity index (χ0n) is 15.4. The number of benzene rings is 1. The van der Waals surface area contributed by atoms with Gasteiger partial charge in [0.1, 0.15) is 6.10 Å². The van der Waals surface area contributed by atoms with Crippen molar-refractivity contribution in [3.8, 4) is 0 Å². The zero-order valence-corrected chi connectivity index (χ0v) is 15.4. The average molecular weight is 333 g/mol. The second-order valence-corrected chi connectivity index (χ2v) is 7.50. The van der Waals surface area contributed by atoms with Crippen LogP contribution in [0.15, 0.2) is 30.3 Å². The summed E-state index contributed by atoms with van der Waals surface area (Å²) in [6, 6.07) is 9.15. The molecule has 0 aromatic heterocycles. The van der Waals surface area contributed by atoms with Crippen LogP contribution >= 0.6 is 0 Å². The second kappa shape index (κ2) is 8.13. The highest BCUT2D eigenvalue weighted by Gasteiger charge is 2.43. The van der Waals surface area contributed by atoms with Gasteiger partial charge in [-0.2, -0.15) is 0 Å². The van der Waals surface area contributed by atoms with Crippen molar-refractivity contribution in [2.45, 2.75) is 52.7 Å². The number of nitrogens with zero attached hydrogens (tertiary/aromatic N) is 1. The monoisotopic (exact) mass is 333 g/mol. The van der Waals surface area contributed by atoms with Crippen LogP contribution in [0.3, 0.4) is 0 Å². The molecule has 0 unspecified atom stereocenters. The lowest BCUT2D eigenvalue weighted by Gasteiger charge is -2.44. The van der Waals surface area contributed by atoms with Crippen LogP contribution in [0.5, 0.6) is 0 Å². The molecule has 1 N–H and O–H groups in total. The van der Waals surface area contributed by atoms with Gasteiger partial charge in [-0.3, -0.25) is 0 Å². The standard InChI is InChI=1S/C20H31NO3/c1-5-21(6-2)14-16-12-18(22)20(3,4)13-17(16)24-19(23)15-10-8-7-9-11-15/h7-11,16-18,22H,5-6,12-14H2,1-4H3/t16-,17+,18+/m1/s1. The summed E-state index contributed by atoms with van der Waals surface area (Å²) in [7, 11) is 0. The highest BCUT2D eigenvalue weighted by atomic mass is 16.5. The van der Waals surface area contributed by atoms with Crippen LogP contribution in [0, 0.1) is 11.3 Å². The Hall–Kier alpha value is -1.39. The van der Waals surface area contributed by atoms with Gasteiger partial charge >= 0.3 is 5.97 Å². The van der Waals surface area contributed by atoms with Crippen LogP contribution in [0.2, 0.25) is 0 Å². The Morgan fingerprint density at radius 1 is 1.25 bits per heavy atom. The third kappa shape index (κ3) is 4.58. The number of ether oxygens (including phenoxy) is 1. The lowest BCUT2D eigenvalue weighted by atomic mass is 9.69. The van der Waals surface area contributed by atoms with Gasteiger partial charge < -0.3 is 14.7 Å². The van der Waals surface area contributed by atoms with Crippen LogP contribution < -0.4 is 0 Å². The highest BCUT2D eigenvalue weighted by Crippen LogP contribution is 2.40. The fraction of sp³-hybridized carbons (Fsp3) is 0.650. The van der Waals surface area contributed by atoms with E-state index in [1.54, 1.807) is 12.1 Å². The minimum Gasteiger partial charge on any atom is -0.458 e. The van der Waals surface area contributed by atoms with E-state index < -0.39 is 0 Å². The van der Waals surface area contributed by atoms with Crippen LogP contribution in [0.1, 0.15) is 50.9 Å². The van der Waals surface area contributed by atoms with Crippen molar-refractivity contribution in [3.63, 3.8) is 0 Å². The molecular formula is C20H31NO3. The van der Waals surface area contributed by atoms with E-state index in [0.29, 0.717) is 18.4 Å². The van der Waals surface area contributed by atoms with Gasteiger partial charge in [0, 0.05) is 12.5 Å². The molecule has 1 saturated carbocycles. The first-order valence-corrected chi connectivity index (χ1v) is 9.03. The SMILES string of the molecule is CCN(CC)C[C@H]1C[C@H](O)C(C)(C)C[C@@H]1OC(=O)c1ccccc1. The van der Waals surface area contributed by atoms with Crippen molar-refractivity contribution in [1.82, 2.24) is 4.90 Å². The van der Waals surface area contributed by atoms with Crippen molar-refractivity contribution in [2.24, 2.45) is 11.3 Å². The van der Waals surface area contributed by atoms with E-state index in [0.717, 1.165) is 19.6 Å². The predicted molar refractivity (Wildman–Crippen MR) is 95.9 cm³/mol. The first kappa shape index (κ1) is 18.9. The number of hydrogen-bond donors (Lipinski definition) is 1. The Balaban J connectivity index is 2.13. The van der Waals surface area contributed by atoms with E-state index in [9.17, 15) is 9.90 Å². The molecule has 3 atom stereocenters. The summed E-state index contributed by atoms with van der Waals surface area (Å²) in [5, 5.41) is 10.5. The molecule has 4 nitrogen and oxygen atoms in total. The van der Waals surface area contributed by atoms with Gasteiger partial charge in [-0.25, -0.2) is 4.79 Å². The van der Waals surface area contributed by atoms with Crippen LogP contribution in [-0.4, -0.2) is 47.8 Å². The van der Waals surface area contributed by atoms with E-state index >= 15 is 0 Å². The van der Waals surface area contributed by atoms with Crippen molar-refractivity contribution in [1.29, 1.82) is 0 Å². The van der Waals surface area contributed by atoms with E-state index in [1.165, 1.54) is 0 Å². The van der Waals surface area contributed by atoms with Crippen LogP contribution in [0.4, 0.5) is 0 Å². The molecule has 1 fully saturated rings. The number of hydrogen-bond acceptors (Lipinski definition) is 4. The van der Waals surface area contributed by atoms with Crippen molar-refractivity contribution in [2.75, 3.05) is 19.6 Å². The predicted octanol–water partition coefficient (Wildman–Crippen LogP) is 3.35. The topological polar surface area (TPSA) is 49.8 Å². The fourth-order valence-electron chi connectivity index (χ4n) is 3.50.